The second kappa shape index (κ2) is 8.73. The zero-order valence-corrected chi connectivity index (χ0v) is 14.8. The first-order valence-corrected chi connectivity index (χ1v) is 9.01. The molecule has 5 nitrogen and oxygen atoms in total. The van der Waals surface area contributed by atoms with Gasteiger partial charge in [-0.1, -0.05) is 30.7 Å². The van der Waals surface area contributed by atoms with Crippen molar-refractivity contribution in [3.8, 4) is 0 Å². The van der Waals surface area contributed by atoms with Crippen LogP contribution in [0.15, 0.2) is 47.4 Å². The number of carbonyl (C=O) groups excluding carboxylic acids is 2. The number of halogens is 2. The van der Waals surface area contributed by atoms with Crippen LogP contribution >= 0.6 is 11.6 Å². The number of esters is 1. The molecule has 0 saturated carbocycles. The van der Waals surface area contributed by atoms with Gasteiger partial charge in [0.25, 0.3) is 5.91 Å². The Labute approximate surface area is 151 Å². The molecule has 25 heavy (non-hydrogen) atoms. The molecule has 1 N–H and O–H groups in total. The maximum atomic E-state index is 13.1. The topological polar surface area (TPSA) is 72.5 Å². The number of benzene rings is 2. The molecule has 8 heteroatoms. The van der Waals surface area contributed by atoms with E-state index in [1.165, 1.54) is 18.2 Å². The second-order valence-electron chi connectivity index (χ2n) is 4.88. The van der Waals surface area contributed by atoms with Crippen molar-refractivity contribution in [1.82, 2.24) is 0 Å². The summed E-state index contributed by atoms with van der Waals surface area (Å²) in [4.78, 5) is 24.3. The maximum absolute atomic E-state index is 13.1. The van der Waals surface area contributed by atoms with Crippen LogP contribution in [-0.2, 0) is 20.3 Å². The molecule has 0 bridgehead atoms. The van der Waals surface area contributed by atoms with Crippen LogP contribution in [0.4, 0.5) is 10.1 Å². The molecule has 1 atom stereocenters. The summed E-state index contributed by atoms with van der Waals surface area (Å²) >= 11 is 5.63. The molecule has 0 unspecified atom stereocenters. The minimum Gasteiger partial charge on any atom is -0.452 e. The van der Waals surface area contributed by atoms with Gasteiger partial charge in [-0.3, -0.25) is 9.00 Å². The Morgan fingerprint density at radius 1 is 1.24 bits per heavy atom. The first-order valence-electron chi connectivity index (χ1n) is 7.31. The molecule has 0 spiro atoms. The van der Waals surface area contributed by atoms with Gasteiger partial charge in [-0.25, -0.2) is 9.18 Å². The molecule has 2 aromatic rings. The lowest BCUT2D eigenvalue weighted by Gasteiger charge is -2.09. The molecule has 2 rings (SSSR count). The first kappa shape index (κ1) is 19.1. The van der Waals surface area contributed by atoms with Crippen molar-refractivity contribution >= 4 is 40.0 Å². The molecule has 0 fully saturated rings. The number of hydrogen-bond donors (Lipinski definition) is 1. The van der Waals surface area contributed by atoms with Gasteiger partial charge in [0.2, 0.25) is 0 Å². The Morgan fingerprint density at radius 2 is 1.96 bits per heavy atom. The summed E-state index contributed by atoms with van der Waals surface area (Å²) in [7, 11) is -1.32. The smallest absolute Gasteiger partial charge is 0.339 e. The Morgan fingerprint density at radius 3 is 2.64 bits per heavy atom. The molecule has 0 saturated heterocycles. The molecule has 0 aliphatic heterocycles. The molecule has 132 valence electrons. The van der Waals surface area contributed by atoms with Crippen LogP contribution in [0.5, 0.6) is 0 Å². The van der Waals surface area contributed by atoms with Crippen molar-refractivity contribution < 1.29 is 22.9 Å². The zero-order valence-electron chi connectivity index (χ0n) is 13.3. The van der Waals surface area contributed by atoms with Crippen molar-refractivity contribution in [2.75, 3.05) is 17.7 Å². The molecule has 0 aromatic heterocycles. The van der Waals surface area contributed by atoms with E-state index in [0.29, 0.717) is 10.6 Å². The van der Waals surface area contributed by atoms with Crippen molar-refractivity contribution in [2.24, 2.45) is 0 Å². The van der Waals surface area contributed by atoms with E-state index in [4.69, 9.17) is 16.3 Å². The summed E-state index contributed by atoms with van der Waals surface area (Å²) in [5, 5.41) is 2.30. The lowest BCUT2D eigenvalue weighted by Crippen LogP contribution is -2.21. The number of anilines is 1. The molecule has 1 amide bonds. The summed E-state index contributed by atoms with van der Waals surface area (Å²) in [6.45, 7) is 1.19. The standard InChI is InChI=1S/C17H15ClFNO4S/c1-2-25(23)15-6-4-3-5-12(15)17(22)24-10-16(21)20-11-7-8-14(19)13(18)9-11/h3-9H,2,10H2,1H3,(H,20,21)/t25-/m1/s1. The van der Waals surface area contributed by atoms with E-state index in [1.807, 2.05) is 0 Å². The second-order valence-corrected chi connectivity index (χ2v) is 7.00. The fourth-order valence-electron chi connectivity index (χ4n) is 1.97. The summed E-state index contributed by atoms with van der Waals surface area (Å²) in [6, 6.07) is 10.1. The van der Waals surface area contributed by atoms with Crippen LogP contribution < -0.4 is 5.32 Å². The Hall–Kier alpha value is -2.25. The van der Waals surface area contributed by atoms with Crippen LogP contribution in [-0.4, -0.2) is 28.4 Å². The van der Waals surface area contributed by atoms with E-state index in [2.05, 4.69) is 5.32 Å². The third-order valence-electron chi connectivity index (χ3n) is 3.15. The van der Waals surface area contributed by atoms with Crippen molar-refractivity contribution in [1.29, 1.82) is 0 Å². The highest BCUT2D eigenvalue weighted by Crippen LogP contribution is 2.19. The SMILES string of the molecule is CC[S@@](=O)c1ccccc1C(=O)OCC(=O)Nc1ccc(F)c(Cl)c1. The van der Waals surface area contributed by atoms with E-state index in [9.17, 15) is 18.2 Å². The van der Waals surface area contributed by atoms with Gasteiger partial charge in [0.15, 0.2) is 6.61 Å². The van der Waals surface area contributed by atoms with E-state index in [-0.39, 0.29) is 16.3 Å². The van der Waals surface area contributed by atoms with E-state index < -0.39 is 35.1 Å². The lowest BCUT2D eigenvalue weighted by molar-refractivity contribution is -0.119. The van der Waals surface area contributed by atoms with Gasteiger partial charge in [-0.15, -0.1) is 0 Å². The summed E-state index contributed by atoms with van der Waals surface area (Å²) in [5.74, 6) is -1.60. The van der Waals surface area contributed by atoms with Gasteiger partial charge in [-0.05, 0) is 30.3 Å². The predicted octanol–water partition coefficient (Wildman–Crippen LogP) is 3.40. The predicted molar refractivity (Wildman–Crippen MR) is 93.7 cm³/mol. The Kier molecular flexibility index (Phi) is 6.66. The molecule has 2 aromatic carbocycles. The summed E-state index contributed by atoms with van der Waals surface area (Å²) < 4.78 is 30.0. The molecular formula is C17H15ClFNO4S. The molecule has 0 heterocycles. The number of rotatable bonds is 6. The minimum atomic E-state index is -1.32. The largest absolute Gasteiger partial charge is 0.452 e. The average Bonchev–Trinajstić information content (AvgIpc) is 2.62. The molecule has 0 aliphatic carbocycles. The van der Waals surface area contributed by atoms with E-state index >= 15 is 0 Å². The fourth-order valence-corrected chi connectivity index (χ4v) is 3.09. The summed E-state index contributed by atoms with van der Waals surface area (Å²) in [6.07, 6.45) is 0. The van der Waals surface area contributed by atoms with Crippen molar-refractivity contribution in [3.05, 3.63) is 58.9 Å². The monoisotopic (exact) mass is 383 g/mol. The van der Waals surface area contributed by atoms with E-state index in [0.717, 1.165) is 6.07 Å². The van der Waals surface area contributed by atoms with Gasteiger partial charge in [-0.2, -0.15) is 0 Å². The summed E-state index contributed by atoms with van der Waals surface area (Å²) in [5.41, 5.74) is 0.431. The van der Waals surface area contributed by atoms with Crippen molar-refractivity contribution in [3.63, 3.8) is 0 Å². The molecule has 0 radical (unpaired) electrons. The third-order valence-corrected chi connectivity index (χ3v) is 4.81. The number of amides is 1. The number of hydrogen-bond acceptors (Lipinski definition) is 4. The third kappa shape index (κ3) is 5.11. The van der Waals surface area contributed by atoms with Gasteiger partial charge in [0, 0.05) is 11.4 Å². The Balaban J connectivity index is 1.99. The fraction of sp³-hybridized carbons (Fsp3) is 0.176. The van der Waals surface area contributed by atoms with Gasteiger partial charge in [0.05, 0.1) is 26.3 Å². The zero-order chi connectivity index (χ0) is 18.4. The number of carbonyl (C=O) groups is 2. The first-order chi connectivity index (χ1) is 11.9. The lowest BCUT2D eigenvalue weighted by atomic mass is 10.2. The van der Waals surface area contributed by atoms with Crippen LogP contribution in [0.25, 0.3) is 0 Å². The maximum Gasteiger partial charge on any atom is 0.339 e. The minimum absolute atomic E-state index is 0.134. The van der Waals surface area contributed by atoms with Crippen LogP contribution in [0, 0.1) is 5.82 Å². The average molecular weight is 384 g/mol. The highest BCUT2D eigenvalue weighted by molar-refractivity contribution is 7.85. The van der Waals surface area contributed by atoms with E-state index in [1.54, 1.807) is 25.1 Å². The molecule has 0 aliphatic rings. The normalized spacial score (nSPS) is 11.6. The highest BCUT2D eigenvalue weighted by atomic mass is 35.5. The quantitative estimate of drug-likeness (QED) is 0.776. The van der Waals surface area contributed by atoms with Crippen LogP contribution in [0.1, 0.15) is 17.3 Å². The molecular weight excluding hydrogens is 369 g/mol. The van der Waals surface area contributed by atoms with Crippen molar-refractivity contribution in [2.45, 2.75) is 11.8 Å². The van der Waals surface area contributed by atoms with Crippen LogP contribution in [0.3, 0.4) is 0 Å². The van der Waals surface area contributed by atoms with Crippen LogP contribution in [0.2, 0.25) is 5.02 Å². The number of ether oxygens (including phenoxy) is 1. The Bertz CT molecular complexity index is 828. The number of nitrogens with one attached hydrogen (secondary N) is 1. The van der Waals surface area contributed by atoms with Gasteiger partial charge in [0.1, 0.15) is 5.82 Å². The highest BCUT2D eigenvalue weighted by Gasteiger charge is 2.17. The van der Waals surface area contributed by atoms with Gasteiger partial charge >= 0.3 is 5.97 Å². The van der Waals surface area contributed by atoms with Gasteiger partial charge < -0.3 is 10.1 Å².